The average Bonchev–Trinajstić information content (AvgIpc) is 3.39. The van der Waals surface area contributed by atoms with Gasteiger partial charge in [-0.05, 0) is 48.2 Å². The summed E-state index contributed by atoms with van der Waals surface area (Å²) in [5.74, 6) is -1.10. The van der Waals surface area contributed by atoms with Gasteiger partial charge in [0, 0.05) is 12.2 Å². The van der Waals surface area contributed by atoms with Gasteiger partial charge in [0.15, 0.2) is 5.03 Å². The molecule has 1 saturated carbocycles. The van der Waals surface area contributed by atoms with E-state index in [0.717, 1.165) is 12.8 Å². The molecule has 1 aliphatic carbocycles. The summed E-state index contributed by atoms with van der Waals surface area (Å²) in [6.07, 6.45) is 3.19. The fourth-order valence-corrected chi connectivity index (χ4v) is 4.65. The molecule has 0 amide bonds. The molecule has 29 heavy (non-hydrogen) atoms. The third-order valence-electron chi connectivity index (χ3n) is 4.90. The van der Waals surface area contributed by atoms with Crippen molar-refractivity contribution in [2.45, 2.75) is 29.7 Å². The van der Waals surface area contributed by atoms with Gasteiger partial charge >= 0.3 is 0 Å². The van der Waals surface area contributed by atoms with Crippen molar-refractivity contribution in [1.29, 1.82) is 4.78 Å². The summed E-state index contributed by atoms with van der Waals surface area (Å²) in [5.41, 5.74) is 1.90. The minimum absolute atomic E-state index is 0.0605. The predicted molar refractivity (Wildman–Crippen MR) is 109 cm³/mol. The van der Waals surface area contributed by atoms with E-state index in [-0.39, 0.29) is 21.0 Å². The second-order valence-electron chi connectivity index (χ2n) is 7.24. The maximum atomic E-state index is 13.7. The number of rotatable bonds is 5. The molecule has 4 nitrogen and oxygen atoms in total. The normalized spacial score (nSPS) is 16.2. The molecule has 1 heterocycles. The molecule has 0 radical (unpaired) electrons. The SMILES string of the molecule is CS(=N)(=O)c1nc(C(c2ccc(F)c(Cl)c2)c2ccc(F)c(Cl)c2)[nH]c1C1CC1. The third-order valence-corrected chi connectivity index (χ3v) is 6.53. The summed E-state index contributed by atoms with van der Waals surface area (Å²) in [6, 6.07) is 8.56. The summed E-state index contributed by atoms with van der Waals surface area (Å²) >= 11 is 12.0. The molecule has 3 aromatic rings. The number of H-pyrrole nitrogens is 1. The minimum atomic E-state index is -3.06. The fourth-order valence-electron chi connectivity index (χ4n) is 3.36. The summed E-state index contributed by atoms with van der Waals surface area (Å²) in [7, 11) is -3.06. The first-order valence-corrected chi connectivity index (χ1v) is 11.6. The maximum absolute atomic E-state index is 13.7. The number of hydrogen-bond acceptors (Lipinski definition) is 3. The Balaban J connectivity index is 1.93. The largest absolute Gasteiger partial charge is 0.344 e. The Kier molecular flexibility index (Phi) is 5.17. The smallest absolute Gasteiger partial charge is 0.156 e. The molecule has 0 bridgehead atoms. The molecule has 0 aliphatic heterocycles. The first-order valence-electron chi connectivity index (χ1n) is 8.88. The van der Waals surface area contributed by atoms with Gasteiger partial charge in [-0.3, -0.25) is 0 Å². The monoisotopic (exact) mass is 455 g/mol. The van der Waals surface area contributed by atoms with Crippen LogP contribution in [0.2, 0.25) is 10.0 Å². The molecule has 2 N–H and O–H groups in total. The molecule has 9 heteroatoms. The molecule has 4 rings (SSSR count). The Morgan fingerprint density at radius 3 is 2.03 bits per heavy atom. The van der Waals surface area contributed by atoms with Crippen molar-refractivity contribution < 1.29 is 13.0 Å². The zero-order valence-corrected chi connectivity index (χ0v) is 17.6. The standard InChI is InChI=1S/C20H17Cl2F2N3OS/c1-29(25,28)20-18(10-2-3-10)26-19(27-20)17(11-4-6-15(23)13(21)8-11)12-5-7-16(24)14(22)9-12/h4-10,17,25H,2-3H2,1H3,(H,26,27). The number of halogens is 4. The molecule has 1 aromatic heterocycles. The van der Waals surface area contributed by atoms with Gasteiger partial charge in [0.2, 0.25) is 0 Å². The second-order valence-corrected chi connectivity index (χ2v) is 10.1. The highest BCUT2D eigenvalue weighted by Crippen LogP contribution is 2.43. The second kappa shape index (κ2) is 7.38. The van der Waals surface area contributed by atoms with Gasteiger partial charge in [-0.1, -0.05) is 35.3 Å². The van der Waals surface area contributed by atoms with Crippen LogP contribution in [0.1, 0.15) is 47.3 Å². The van der Waals surface area contributed by atoms with Crippen LogP contribution in [0.3, 0.4) is 0 Å². The number of nitrogens with zero attached hydrogens (tertiary/aromatic N) is 1. The van der Waals surface area contributed by atoms with Gasteiger partial charge in [0.1, 0.15) is 17.5 Å². The number of aromatic nitrogens is 2. The van der Waals surface area contributed by atoms with E-state index in [9.17, 15) is 13.0 Å². The number of aromatic amines is 1. The van der Waals surface area contributed by atoms with Crippen molar-refractivity contribution in [3.8, 4) is 0 Å². The van der Waals surface area contributed by atoms with Crippen molar-refractivity contribution in [1.82, 2.24) is 9.97 Å². The van der Waals surface area contributed by atoms with Crippen LogP contribution in [0.4, 0.5) is 8.78 Å². The molecule has 1 aliphatic rings. The Hall–Kier alpha value is -1.96. The van der Waals surface area contributed by atoms with Gasteiger partial charge in [0.05, 0.1) is 31.4 Å². The topological polar surface area (TPSA) is 69.6 Å². The molecule has 152 valence electrons. The van der Waals surface area contributed by atoms with Gasteiger partial charge in [-0.25, -0.2) is 22.8 Å². The molecule has 1 atom stereocenters. The average molecular weight is 456 g/mol. The van der Waals surface area contributed by atoms with Crippen molar-refractivity contribution in [3.63, 3.8) is 0 Å². The van der Waals surface area contributed by atoms with E-state index < -0.39 is 27.3 Å². The summed E-state index contributed by atoms with van der Waals surface area (Å²) in [4.78, 5) is 7.74. The van der Waals surface area contributed by atoms with E-state index in [4.69, 9.17) is 28.0 Å². The first kappa shape index (κ1) is 20.3. The van der Waals surface area contributed by atoms with Crippen molar-refractivity contribution in [2.24, 2.45) is 0 Å². The molecule has 0 saturated heterocycles. The van der Waals surface area contributed by atoms with Gasteiger partial charge in [-0.2, -0.15) is 0 Å². The van der Waals surface area contributed by atoms with Crippen LogP contribution in [-0.2, 0) is 9.73 Å². The van der Waals surface area contributed by atoms with Crippen LogP contribution in [0.5, 0.6) is 0 Å². The van der Waals surface area contributed by atoms with Crippen LogP contribution >= 0.6 is 23.2 Å². The van der Waals surface area contributed by atoms with E-state index in [2.05, 4.69) is 9.97 Å². The van der Waals surface area contributed by atoms with Gasteiger partial charge in [0.25, 0.3) is 0 Å². The highest BCUT2D eigenvalue weighted by Gasteiger charge is 2.33. The van der Waals surface area contributed by atoms with Crippen LogP contribution in [-0.4, -0.2) is 20.4 Å². The van der Waals surface area contributed by atoms with Crippen LogP contribution in [0, 0.1) is 16.4 Å². The Labute approximate surface area is 177 Å². The van der Waals surface area contributed by atoms with E-state index in [1.54, 1.807) is 12.1 Å². The predicted octanol–water partition coefficient (Wildman–Crippen LogP) is 6.09. The molecular weight excluding hydrogens is 439 g/mol. The molecule has 0 spiro atoms. The number of imidazole rings is 1. The van der Waals surface area contributed by atoms with E-state index in [1.807, 2.05) is 0 Å². The lowest BCUT2D eigenvalue weighted by Gasteiger charge is -2.17. The van der Waals surface area contributed by atoms with Crippen molar-refractivity contribution >= 4 is 32.9 Å². The lowest BCUT2D eigenvalue weighted by molar-refractivity contribution is 0.626. The molecule has 1 fully saturated rings. The summed E-state index contributed by atoms with van der Waals surface area (Å²) < 4.78 is 48.0. The molecular formula is C20H17Cl2F2N3OS. The lowest BCUT2D eigenvalue weighted by Crippen LogP contribution is -2.07. The van der Waals surface area contributed by atoms with Gasteiger partial charge < -0.3 is 4.98 Å². The fraction of sp³-hybridized carbons (Fsp3) is 0.250. The van der Waals surface area contributed by atoms with Crippen LogP contribution in [0.15, 0.2) is 41.4 Å². The zero-order valence-electron chi connectivity index (χ0n) is 15.3. The molecule has 1 unspecified atom stereocenters. The van der Waals surface area contributed by atoms with Crippen LogP contribution in [0.25, 0.3) is 0 Å². The van der Waals surface area contributed by atoms with Crippen molar-refractivity contribution in [3.05, 3.63) is 80.7 Å². The first-order chi connectivity index (χ1) is 13.6. The maximum Gasteiger partial charge on any atom is 0.156 e. The summed E-state index contributed by atoms with van der Waals surface area (Å²) in [6.45, 7) is 0. The van der Waals surface area contributed by atoms with Crippen LogP contribution < -0.4 is 0 Å². The Bertz CT molecular complexity index is 1150. The Morgan fingerprint density at radius 2 is 1.62 bits per heavy atom. The van der Waals surface area contributed by atoms with Crippen molar-refractivity contribution in [2.75, 3.05) is 6.26 Å². The highest BCUT2D eigenvalue weighted by atomic mass is 35.5. The van der Waals surface area contributed by atoms with E-state index >= 15 is 0 Å². The van der Waals surface area contributed by atoms with E-state index in [0.29, 0.717) is 22.6 Å². The number of benzene rings is 2. The highest BCUT2D eigenvalue weighted by molar-refractivity contribution is 7.91. The van der Waals surface area contributed by atoms with E-state index in [1.165, 1.54) is 30.5 Å². The Morgan fingerprint density at radius 1 is 1.10 bits per heavy atom. The number of nitrogens with one attached hydrogen (secondary N) is 2. The minimum Gasteiger partial charge on any atom is -0.344 e. The number of hydrogen-bond donors (Lipinski definition) is 2. The lowest BCUT2D eigenvalue weighted by atomic mass is 9.90. The quantitative estimate of drug-likeness (QED) is 0.488. The zero-order chi connectivity index (χ0) is 20.9. The molecule has 2 aromatic carbocycles. The third kappa shape index (κ3) is 4.04. The summed E-state index contributed by atoms with van der Waals surface area (Å²) in [5, 5.41) is 0.103. The van der Waals surface area contributed by atoms with Gasteiger partial charge in [-0.15, -0.1) is 0 Å².